The summed E-state index contributed by atoms with van der Waals surface area (Å²) in [5, 5.41) is 3.16. The third kappa shape index (κ3) is 1.96. The zero-order valence-electron chi connectivity index (χ0n) is 9.84. The highest BCUT2D eigenvalue weighted by Gasteiger charge is 2.31. The van der Waals surface area contributed by atoms with Gasteiger partial charge in [0, 0.05) is 6.07 Å². The van der Waals surface area contributed by atoms with Crippen LogP contribution >= 0.6 is 0 Å². The van der Waals surface area contributed by atoms with Crippen molar-refractivity contribution in [2.24, 2.45) is 0 Å². The predicted octanol–water partition coefficient (Wildman–Crippen LogP) is 2.27. The number of methoxy groups -OCH3 is 1. The van der Waals surface area contributed by atoms with Crippen LogP contribution in [-0.2, 0) is 4.74 Å². The molecular weight excluding hydrogens is 284 g/mol. The topological polar surface area (TPSA) is 78.4 Å². The van der Waals surface area contributed by atoms with Gasteiger partial charge in [0.15, 0.2) is 23.3 Å². The zero-order chi connectivity index (χ0) is 15.0. The van der Waals surface area contributed by atoms with E-state index in [0.29, 0.717) is 0 Å². The summed E-state index contributed by atoms with van der Waals surface area (Å²) in [5.74, 6) is -9.27. The number of hydrogen-bond acceptors (Lipinski definition) is 5. The van der Waals surface area contributed by atoms with Gasteiger partial charge in [0.1, 0.15) is 11.3 Å². The van der Waals surface area contributed by atoms with Gasteiger partial charge < -0.3 is 15.0 Å². The molecule has 0 saturated heterocycles. The van der Waals surface area contributed by atoms with Crippen LogP contribution in [0.2, 0.25) is 0 Å². The zero-order valence-corrected chi connectivity index (χ0v) is 9.84. The summed E-state index contributed by atoms with van der Waals surface area (Å²) < 4.78 is 63.3. The molecule has 1 aromatic heterocycles. The minimum atomic E-state index is -1.90. The van der Waals surface area contributed by atoms with Gasteiger partial charge in [-0.25, -0.2) is 22.4 Å². The number of hydrogen-bond donors (Lipinski definition) is 1. The highest BCUT2D eigenvalue weighted by Crippen LogP contribution is 2.32. The molecule has 0 radical (unpaired) electrons. The molecule has 5 nitrogen and oxygen atoms in total. The molecule has 2 rings (SSSR count). The molecule has 0 aliphatic rings. The van der Waals surface area contributed by atoms with E-state index in [4.69, 9.17) is 5.73 Å². The molecule has 0 aliphatic heterocycles. The average molecular weight is 290 g/mol. The summed E-state index contributed by atoms with van der Waals surface area (Å²) in [4.78, 5) is 11.1. The number of halogens is 4. The van der Waals surface area contributed by atoms with Crippen LogP contribution in [0.25, 0.3) is 11.3 Å². The van der Waals surface area contributed by atoms with Crippen LogP contribution in [0.1, 0.15) is 10.4 Å². The SMILES string of the molecule is COC(=O)c1c(F)c(F)c(-c2cc(N)on2)c(F)c1F. The Morgan fingerprint density at radius 1 is 1.20 bits per heavy atom. The number of anilines is 1. The predicted molar refractivity (Wildman–Crippen MR) is 57.5 cm³/mol. The number of nitrogens with two attached hydrogens (primary N) is 1. The largest absolute Gasteiger partial charge is 0.465 e. The van der Waals surface area contributed by atoms with Gasteiger partial charge in [-0.3, -0.25) is 0 Å². The van der Waals surface area contributed by atoms with Crippen LogP contribution in [0.5, 0.6) is 0 Å². The second kappa shape index (κ2) is 4.83. The second-order valence-electron chi connectivity index (χ2n) is 3.61. The maximum Gasteiger partial charge on any atom is 0.344 e. The number of carbonyl (C=O) groups excluding carboxylic acids is 1. The van der Waals surface area contributed by atoms with Gasteiger partial charge in [-0.1, -0.05) is 5.16 Å². The number of nitrogen functional groups attached to an aromatic ring is 1. The number of nitrogens with zero attached hydrogens (tertiary/aromatic N) is 1. The van der Waals surface area contributed by atoms with Crippen LogP contribution in [0.3, 0.4) is 0 Å². The number of benzene rings is 1. The lowest BCUT2D eigenvalue weighted by Crippen LogP contribution is -2.13. The molecule has 20 heavy (non-hydrogen) atoms. The molecule has 9 heteroatoms. The maximum absolute atomic E-state index is 13.8. The van der Waals surface area contributed by atoms with E-state index in [0.717, 1.165) is 13.2 Å². The quantitative estimate of drug-likeness (QED) is 0.521. The lowest BCUT2D eigenvalue weighted by Gasteiger charge is -2.08. The van der Waals surface area contributed by atoms with E-state index in [1.54, 1.807) is 0 Å². The summed E-state index contributed by atoms with van der Waals surface area (Å²) in [5.41, 5.74) is 2.01. The molecule has 2 aromatic rings. The van der Waals surface area contributed by atoms with E-state index in [-0.39, 0.29) is 5.88 Å². The normalized spacial score (nSPS) is 10.7. The average Bonchev–Trinajstić information content (AvgIpc) is 2.83. The number of carbonyl (C=O) groups is 1. The van der Waals surface area contributed by atoms with Gasteiger partial charge in [-0.05, 0) is 0 Å². The van der Waals surface area contributed by atoms with Gasteiger partial charge in [0.05, 0.1) is 12.7 Å². The molecule has 2 N–H and O–H groups in total. The van der Waals surface area contributed by atoms with Gasteiger partial charge in [0.2, 0.25) is 5.88 Å². The molecule has 0 bridgehead atoms. The molecule has 0 spiro atoms. The van der Waals surface area contributed by atoms with Gasteiger partial charge in [-0.15, -0.1) is 0 Å². The van der Waals surface area contributed by atoms with Crippen molar-refractivity contribution in [3.63, 3.8) is 0 Å². The minimum Gasteiger partial charge on any atom is -0.465 e. The first-order valence-corrected chi connectivity index (χ1v) is 5.05. The van der Waals surface area contributed by atoms with Crippen molar-refractivity contribution in [2.45, 2.75) is 0 Å². The molecule has 0 atom stereocenters. The smallest absolute Gasteiger partial charge is 0.344 e. The fourth-order valence-corrected chi connectivity index (χ4v) is 1.54. The monoisotopic (exact) mass is 290 g/mol. The Balaban J connectivity index is 2.77. The van der Waals surface area contributed by atoms with E-state index >= 15 is 0 Å². The fraction of sp³-hybridized carbons (Fsp3) is 0.0909. The van der Waals surface area contributed by atoms with Crippen molar-refractivity contribution in [3.8, 4) is 11.3 Å². The highest BCUT2D eigenvalue weighted by molar-refractivity contribution is 5.91. The Kier molecular flexibility index (Phi) is 3.35. The summed E-state index contributed by atoms with van der Waals surface area (Å²) >= 11 is 0. The van der Waals surface area contributed by atoms with E-state index in [1.165, 1.54) is 0 Å². The Labute approximate surface area is 108 Å². The van der Waals surface area contributed by atoms with Gasteiger partial charge in [-0.2, -0.15) is 0 Å². The second-order valence-corrected chi connectivity index (χ2v) is 3.61. The standard InChI is InChI=1S/C11H6F4N2O3/c1-19-11(18)6-9(14)7(12)5(8(13)10(6)15)3-2-4(16)20-17-3/h2H,16H2,1H3. The van der Waals surface area contributed by atoms with Gasteiger partial charge >= 0.3 is 5.97 Å². The minimum absolute atomic E-state index is 0.309. The molecular formula is C11H6F4N2O3. The lowest BCUT2D eigenvalue weighted by atomic mass is 10.1. The third-order valence-corrected chi connectivity index (χ3v) is 2.44. The van der Waals surface area contributed by atoms with Crippen LogP contribution < -0.4 is 5.73 Å². The summed E-state index contributed by atoms with van der Waals surface area (Å²) in [6.45, 7) is 0. The number of esters is 1. The van der Waals surface area contributed by atoms with Crippen molar-refractivity contribution < 1.29 is 31.6 Å². The molecule has 1 heterocycles. The van der Waals surface area contributed by atoms with E-state index in [1.807, 2.05) is 0 Å². The summed E-state index contributed by atoms with van der Waals surface area (Å²) in [7, 11) is 0.809. The first kappa shape index (κ1) is 13.8. The Bertz CT molecular complexity index is 670. The van der Waals surface area contributed by atoms with E-state index in [2.05, 4.69) is 14.4 Å². The first-order valence-electron chi connectivity index (χ1n) is 5.05. The van der Waals surface area contributed by atoms with Crippen LogP contribution in [0, 0.1) is 23.3 Å². The summed E-state index contributed by atoms with van der Waals surface area (Å²) in [6.07, 6.45) is 0. The molecule has 106 valence electrons. The molecule has 1 aromatic carbocycles. The molecule has 0 aliphatic carbocycles. The van der Waals surface area contributed by atoms with Crippen molar-refractivity contribution >= 4 is 11.9 Å². The fourth-order valence-electron chi connectivity index (χ4n) is 1.54. The molecule has 0 fully saturated rings. The first-order chi connectivity index (χ1) is 9.38. The Hall–Kier alpha value is -2.58. The van der Waals surface area contributed by atoms with Crippen molar-refractivity contribution in [1.29, 1.82) is 0 Å². The van der Waals surface area contributed by atoms with Gasteiger partial charge in [0.25, 0.3) is 0 Å². The van der Waals surface area contributed by atoms with Crippen molar-refractivity contribution in [2.75, 3.05) is 12.8 Å². The third-order valence-electron chi connectivity index (χ3n) is 2.44. The summed E-state index contributed by atoms with van der Waals surface area (Å²) in [6, 6.07) is 0.873. The van der Waals surface area contributed by atoms with E-state index in [9.17, 15) is 22.4 Å². The Morgan fingerprint density at radius 3 is 2.15 bits per heavy atom. The number of rotatable bonds is 2. The lowest BCUT2D eigenvalue weighted by molar-refractivity contribution is 0.0587. The van der Waals surface area contributed by atoms with Crippen LogP contribution in [0.4, 0.5) is 23.4 Å². The number of aromatic nitrogens is 1. The van der Waals surface area contributed by atoms with Crippen molar-refractivity contribution in [1.82, 2.24) is 5.16 Å². The van der Waals surface area contributed by atoms with Crippen LogP contribution in [0.15, 0.2) is 10.6 Å². The molecule has 0 amide bonds. The molecule has 0 saturated carbocycles. The maximum atomic E-state index is 13.8. The highest BCUT2D eigenvalue weighted by atomic mass is 19.2. The van der Waals surface area contributed by atoms with Crippen molar-refractivity contribution in [3.05, 3.63) is 34.9 Å². The van der Waals surface area contributed by atoms with Crippen LogP contribution in [-0.4, -0.2) is 18.2 Å². The molecule has 0 unspecified atom stereocenters. The Morgan fingerprint density at radius 2 is 1.75 bits per heavy atom. The van der Waals surface area contributed by atoms with E-state index < -0.39 is 46.1 Å². The number of ether oxygens (including phenoxy) is 1.